The molecule has 0 amide bonds. The van der Waals surface area contributed by atoms with Crippen LogP contribution in [0.3, 0.4) is 0 Å². The zero-order valence-corrected chi connectivity index (χ0v) is 10.3. The average Bonchev–Trinajstić information content (AvgIpc) is 2.25. The van der Waals surface area contributed by atoms with Gasteiger partial charge >= 0.3 is 0 Å². The topological polar surface area (TPSA) is 22.1 Å². The lowest BCUT2D eigenvalue weighted by atomic mass is 10.0. The Labute approximate surface area is 101 Å². The minimum atomic E-state index is -0.224. The highest BCUT2D eigenvalue weighted by atomic mass is 16.5. The van der Waals surface area contributed by atoms with Crippen LogP contribution < -0.4 is 4.74 Å². The van der Waals surface area contributed by atoms with Crippen LogP contribution in [-0.4, -0.2) is 10.6 Å². The second-order valence-corrected chi connectivity index (χ2v) is 5.13. The molecule has 0 atom stereocenters. The molecule has 0 fully saturated rings. The number of ether oxygens (including phenoxy) is 1. The van der Waals surface area contributed by atoms with Crippen molar-refractivity contribution in [1.82, 2.24) is 4.98 Å². The number of pyridine rings is 1. The van der Waals surface area contributed by atoms with Gasteiger partial charge in [0.2, 0.25) is 0 Å². The molecule has 0 unspecified atom stereocenters. The van der Waals surface area contributed by atoms with Crippen molar-refractivity contribution in [2.75, 3.05) is 0 Å². The third-order valence-corrected chi connectivity index (χ3v) is 2.99. The van der Waals surface area contributed by atoms with E-state index in [1.807, 2.05) is 6.20 Å². The van der Waals surface area contributed by atoms with Gasteiger partial charge in [0.05, 0.1) is 5.52 Å². The van der Waals surface area contributed by atoms with Crippen LogP contribution in [0.25, 0.3) is 17.0 Å². The average molecular weight is 225 g/mol. The maximum Gasteiger partial charge on any atom is 0.128 e. The summed E-state index contributed by atoms with van der Waals surface area (Å²) >= 11 is 0. The lowest BCUT2D eigenvalue weighted by molar-refractivity contribution is 0.159. The molecule has 0 aliphatic carbocycles. The van der Waals surface area contributed by atoms with Gasteiger partial charge in [-0.05, 0) is 50.6 Å². The molecule has 0 bridgehead atoms. The van der Waals surface area contributed by atoms with Crippen LogP contribution in [0.4, 0.5) is 0 Å². The van der Waals surface area contributed by atoms with Crippen LogP contribution in [0, 0.1) is 6.92 Å². The molecule has 0 N–H and O–H groups in total. The van der Waals surface area contributed by atoms with Crippen molar-refractivity contribution in [1.29, 1.82) is 0 Å². The van der Waals surface area contributed by atoms with E-state index in [9.17, 15) is 0 Å². The van der Waals surface area contributed by atoms with Gasteiger partial charge in [-0.3, -0.25) is 4.98 Å². The number of aryl methyl sites for hydroxylation is 1. The molecule has 1 aliphatic rings. The van der Waals surface area contributed by atoms with Crippen molar-refractivity contribution in [3.05, 3.63) is 41.6 Å². The summed E-state index contributed by atoms with van der Waals surface area (Å²) in [6, 6.07) is 6.29. The van der Waals surface area contributed by atoms with Gasteiger partial charge in [-0.25, -0.2) is 0 Å². The molecule has 3 rings (SSSR count). The molecule has 2 aromatic rings. The number of benzene rings is 1. The summed E-state index contributed by atoms with van der Waals surface area (Å²) in [5, 5.41) is 1.13. The SMILES string of the molecule is Cc1cnc2cc3c(cc2c1)OC(C)(C)C=C3. The third kappa shape index (κ3) is 1.80. The second kappa shape index (κ2) is 3.33. The fourth-order valence-corrected chi connectivity index (χ4v) is 2.11. The molecule has 17 heavy (non-hydrogen) atoms. The summed E-state index contributed by atoms with van der Waals surface area (Å²) in [5.74, 6) is 0.942. The highest BCUT2D eigenvalue weighted by molar-refractivity contribution is 5.85. The van der Waals surface area contributed by atoms with Crippen molar-refractivity contribution in [3.63, 3.8) is 0 Å². The Morgan fingerprint density at radius 1 is 1.18 bits per heavy atom. The number of hydrogen-bond acceptors (Lipinski definition) is 2. The fourth-order valence-electron chi connectivity index (χ4n) is 2.11. The van der Waals surface area contributed by atoms with E-state index >= 15 is 0 Å². The van der Waals surface area contributed by atoms with Crippen LogP contribution in [0.15, 0.2) is 30.5 Å². The van der Waals surface area contributed by atoms with Crippen molar-refractivity contribution in [2.24, 2.45) is 0 Å². The first-order valence-electron chi connectivity index (χ1n) is 5.82. The highest BCUT2D eigenvalue weighted by Crippen LogP contribution is 2.33. The number of hydrogen-bond donors (Lipinski definition) is 0. The Kier molecular flexibility index (Phi) is 2.02. The molecule has 2 heterocycles. The van der Waals surface area contributed by atoms with E-state index in [0.717, 1.165) is 22.2 Å². The van der Waals surface area contributed by atoms with Crippen molar-refractivity contribution < 1.29 is 4.74 Å². The molecule has 1 aliphatic heterocycles. The minimum absolute atomic E-state index is 0.224. The van der Waals surface area contributed by atoms with Gasteiger partial charge in [-0.2, -0.15) is 0 Å². The third-order valence-electron chi connectivity index (χ3n) is 2.99. The van der Waals surface area contributed by atoms with Gasteiger partial charge in [-0.15, -0.1) is 0 Å². The van der Waals surface area contributed by atoms with E-state index in [2.05, 4.69) is 56.1 Å². The van der Waals surface area contributed by atoms with Crippen LogP contribution in [-0.2, 0) is 0 Å². The first-order valence-corrected chi connectivity index (χ1v) is 5.82. The van der Waals surface area contributed by atoms with Crippen molar-refractivity contribution >= 4 is 17.0 Å². The Bertz CT molecular complexity index is 626. The van der Waals surface area contributed by atoms with E-state index < -0.39 is 0 Å². The van der Waals surface area contributed by atoms with Gasteiger partial charge < -0.3 is 4.74 Å². The van der Waals surface area contributed by atoms with Crippen LogP contribution in [0.1, 0.15) is 25.0 Å². The van der Waals surface area contributed by atoms with E-state index in [1.165, 1.54) is 5.56 Å². The molecule has 0 spiro atoms. The predicted octanol–water partition coefficient (Wildman–Crippen LogP) is 3.73. The molecule has 86 valence electrons. The smallest absolute Gasteiger partial charge is 0.128 e. The summed E-state index contributed by atoms with van der Waals surface area (Å²) in [6.07, 6.45) is 6.08. The monoisotopic (exact) mass is 225 g/mol. The summed E-state index contributed by atoms with van der Waals surface area (Å²) in [6.45, 7) is 6.17. The summed E-state index contributed by atoms with van der Waals surface area (Å²) in [5.41, 5.74) is 3.07. The molecule has 0 saturated heterocycles. The molecular weight excluding hydrogens is 210 g/mol. The molecule has 2 nitrogen and oxygen atoms in total. The van der Waals surface area contributed by atoms with Gasteiger partial charge in [-0.1, -0.05) is 6.08 Å². The minimum Gasteiger partial charge on any atom is -0.483 e. The lowest BCUT2D eigenvalue weighted by Crippen LogP contribution is -2.27. The predicted molar refractivity (Wildman–Crippen MR) is 70.2 cm³/mol. The zero-order chi connectivity index (χ0) is 12.0. The maximum absolute atomic E-state index is 5.95. The van der Waals surface area contributed by atoms with Gasteiger partial charge in [0.15, 0.2) is 0 Å². The van der Waals surface area contributed by atoms with Gasteiger partial charge in [0.25, 0.3) is 0 Å². The Morgan fingerprint density at radius 2 is 2.00 bits per heavy atom. The van der Waals surface area contributed by atoms with E-state index in [-0.39, 0.29) is 5.60 Å². The van der Waals surface area contributed by atoms with Crippen LogP contribution in [0.5, 0.6) is 5.75 Å². The first kappa shape index (κ1) is 10.3. The molecule has 1 aromatic carbocycles. The molecule has 2 heteroatoms. The summed E-state index contributed by atoms with van der Waals surface area (Å²) < 4.78 is 5.95. The van der Waals surface area contributed by atoms with Crippen molar-refractivity contribution in [3.8, 4) is 5.75 Å². The highest BCUT2D eigenvalue weighted by Gasteiger charge is 2.21. The number of fused-ring (bicyclic) bond motifs is 2. The summed E-state index contributed by atoms with van der Waals surface area (Å²) in [4.78, 5) is 4.44. The van der Waals surface area contributed by atoms with E-state index in [0.29, 0.717) is 0 Å². The molecule has 1 aromatic heterocycles. The normalized spacial score (nSPS) is 16.6. The number of nitrogens with zero attached hydrogens (tertiary/aromatic N) is 1. The standard InChI is InChI=1S/C15H15NO/c1-10-6-12-8-14-11(7-13(12)16-9-10)4-5-15(2,3)17-14/h4-9H,1-3H3. The van der Waals surface area contributed by atoms with E-state index in [4.69, 9.17) is 4.74 Å². The zero-order valence-electron chi connectivity index (χ0n) is 10.3. The Balaban J connectivity index is 2.23. The molecule has 0 saturated carbocycles. The van der Waals surface area contributed by atoms with E-state index in [1.54, 1.807) is 0 Å². The second-order valence-electron chi connectivity index (χ2n) is 5.13. The Morgan fingerprint density at radius 3 is 2.82 bits per heavy atom. The first-order chi connectivity index (χ1) is 8.03. The number of rotatable bonds is 0. The molecule has 0 radical (unpaired) electrons. The fraction of sp³-hybridized carbons (Fsp3) is 0.267. The van der Waals surface area contributed by atoms with Crippen LogP contribution >= 0.6 is 0 Å². The maximum atomic E-state index is 5.95. The Hall–Kier alpha value is -1.83. The van der Waals surface area contributed by atoms with Crippen LogP contribution in [0.2, 0.25) is 0 Å². The van der Waals surface area contributed by atoms with Gasteiger partial charge in [0, 0.05) is 17.1 Å². The number of aromatic nitrogens is 1. The quantitative estimate of drug-likeness (QED) is 0.681. The lowest BCUT2D eigenvalue weighted by Gasteiger charge is -2.28. The van der Waals surface area contributed by atoms with Crippen molar-refractivity contribution in [2.45, 2.75) is 26.4 Å². The molecular formula is C15H15NO. The summed E-state index contributed by atoms with van der Waals surface area (Å²) in [7, 11) is 0. The largest absolute Gasteiger partial charge is 0.483 e. The van der Waals surface area contributed by atoms with Gasteiger partial charge in [0.1, 0.15) is 11.4 Å².